The van der Waals surface area contributed by atoms with Crippen molar-refractivity contribution < 1.29 is 18.0 Å². The van der Waals surface area contributed by atoms with Crippen LogP contribution in [0.25, 0.3) is 0 Å². The predicted octanol–water partition coefficient (Wildman–Crippen LogP) is -0.946. The quantitative estimate of drug-likeness (QED) is 0.617. The maximum atomic E-state index is 11.7. The second-order valence-electron chi connectivity index (χ2n) is 4.51. The van der Waals surface area contributed by atoms with Crippen molar-refractivity contribution in [3.63, 3.8) is 0 Å². The molecule has 110 valence electrons. The smallest absolute Gasteiger partial charge is 0.221 e. The first-order valence-corrected chi connectivity index (χ1v) is 8.02. The molecule has 0 bridgehead atoms. The molecule has 2 N–H and O–H groups in total. The van der Waals surface area contributed by atoms with Gasteiger partial charge in [0.15, 0.2) is 0 Å². The van der Waals surface area contributed by atoms with Gasteiger partial charge in [-0.15, -0.1) is 0 Å². The molecule has 7 nitrogen and oxygen atoms in total. The van der Waals surface area contributed by atoms with Crippen LogP contribution >= 0.6 is 0 Å². The molecule has 0 saturated carbocycles. The van der Waals surface area contributed by atoms with Crippen LogP contribution in [0, 0.1) is 0 Å². The number of amides is 2. The molecule has 0 spiro atoms. The van der Waals surface area contributed by atoms with Gasteiger partial charge in [-0.05, 0) is 12.8 Å². The fourth-order valence-corrected chi connectivity index (χ4v) is 3.45. The third-order valence-electron chi connectivity index (χ3n) is 2.86. The van der Waals surface area contributed by atoms with Gasteiger partial charge in [-0.25, -0.2) is 12.7 Å². The van der Waals surface area contributed by atoms with E-state index in [0.717, 1.165) is 6.42 Å². The molecule has 0 aromatic rings. The van der Waals surface area contributed by atoms with Crippen LogP contribution in [0.3, 0.4) is 0 Å². The average Bonchev–Trinajstić information content (AvgIpc) is 2.32. The molecule has 0 aromatic heterocycles. The Morgan fingerprint density at radius 2 is 1.84 bits per heavy atom. The highest BCUT2D eigenvalue weighted by atomic mass is 32.2. The molecule has 1 aliphatic heterocycles. The number of sulfonamides is 1. The lowest BCUT2D eigenvalue weighted by Gasteiger charge is -2.25. The highest BCUT2D eigenvalue weighted by Gasteiger charge is 2.25. The van der Waals surface area contributed by atoms with Crippen molar-refractivity contribution in [3.8, 4) is 0 Å². The van der Waals surface area contributed by atoms with E-state index in [-0.39, 0.29) is 30.5 Å². The van der Waals surface area contributed by atoms with Crippen LogP contribution in [0.5, 0.6) is 0 Å². The molecule has 0 aliphatic carbocycles. The topological polar surface area (TPSA) is 95.6 Å². The van der Waals surface area contributed by atoms with E-state index in [9.17, 15) is 18.0 Å². The molecular weight excluding hydrogens is 270 g/mol. The van der Waals surface area contributed by atoms with E-state index in [1.165, 1.54) is 11.2 Å². The van der Waals surface area contributed by atoms with Crippen molar-refractivity contribution in [3.05, 3.63) is 0 Å². The van der Waals surface area contributed by atoms with E-state index < -0.39 is 10.0 Å². The van der Waals surface area contributed by atoms with Gasteiger partial charge in [0, 0.05) is 39.5 Å². The number of carbonyl (C=O) groups excluding carboxylic acids is 2. The van der Waals surface area contributed by atoms with Gasteiger partial charge >= 0.3 is 0 Å². The average molecular weight is 291 g/mol. The third kappa shape index (κ3) is 6.02. The maximum absolute atomic E-state index is 11.7. The van der Waals surface area contributed by atoms with Gasteiger partial charge in [-0.2, -0.15) is 0 Å². The van der Waals surface area contributed by atoms with Gasteiger partial charge in [0.25, 0.3) is 0 Å². The van der Waals surface area contributed by atoms with Crippen LogP contribution in [-0.2, 0) is 19.6 Å². The predicted molar refractivity (Wildman–Crippen MR) is 70.9 cm³/mol. The third-order valence-corrected chi connectivity index (χ3v) is 4.82. The molecule has 8 heteroatoms. The highest BCUT2D eigenvalue weighted by molar-refractivity contribution is 7.89. The number of nitrogens with one attached hydrogen (secondary N) is 2. The standard InChI is InChI=1S/C11H21N3O4S/c1-10(15)12-5-6-13-11(16)4-8-14-7-2-3-9-19(14,17)18/h2-9H2,1H3,(H,12,15)(H,13,16). The Morgan fingerprint density at radius 1 is 1.16 bits per heavy atom. The normalized spacial score (nSPS) is 18.8. The van der Waals surface area contributed by atoms with Gasteiger partial charge in [0.1, 0.15) is 0 Å². The first-order chi connectivity index (χ1) is 8.92. The zero-order valence-electron chi connectivity index (χ0n) is 11.1. The summed E-state index contributed by atoms with van der Waals surface area (Å²) in [6.45, 7) is 2.87. The molecule has 0 atom stereocenters. The van der Waals surface area contributed by atoms with Crippen molar-refractivity contribution in [2.45, 2.75) is 26.2 Å². The molecular formula is C11H21N3O4S. The fourth-order valence-electron chi connectivity index (χ4n) is 1.85. The Kier molecular flexibility index (Phi) is 6.23. The van der Waals surface area contributed by atoms with Crippen LogP contribution in [0.4, 0.5) is 0 Å². The van der Waals surface area contributed by atoms with Crippen LogP contribution in [-0.4, -0.2) is 56.5 Å². The van der Waals surface area contributed by atoms with Crippen LogP contribution in [0.15, 0.2) is 0 Å². The van der Waals surface area contributed by atoms with E-state index in [0.29, 0.717) is 26.1 Å². The second kappa shape index (κ2) is 7.44. The van der Waals surface area contributed by atoms with Crippen LogP contribution in [0.1, 0.15) is 26.2 Å². The molecule has 1 heterocycles. The summed E-state index contributed by atoms with van der Waals surface area (Å²) in [5, 5.41) is 5.19. The Hall–Kier alpha value is -1.15. The van der Waals surface area contributed by atoms with E-state index in [2.05, 4.69) is 10.6 Å². The van der Waals surface area contributed by atoms with Crippen molar-refractivity contribution in [1.82, 2.24) is 14.9 Å². The molecule has 19 heavy (non-hydrogen) atoms. The molecule has 1 aliphatic rings. The molecule has 0 unspecified atom stereocenters. The Morgan fingerprint density at radius 3 is 2.47 bits per heavy atom. The summed E-state index contributed by atoms with van der Waals surface area (Å²) in [7, 11) is -3.16. The molecule has 2 amide bonds. The molecule has 0 aromatic carbocycles. The summed E-state index contributed by atoms with van der Waals surface area (Å²) in [4.78, 5) is 22.1. The van der Waals surface area contributed by atoms with Crippen LogP contribution < -0.4 is 10.6 Å². The van der Waals surface area contributed by atoms with Crippen molar-refractivity contribution >= 4 is 21.8 Å². The van der Waals surface area contributed by atoms with E-state index >= 15 is 0 Å². The lowest BCUT2D eigenvalue weighted by Crippen LogP contribution is -2.41. The highest BCUT2D eigenvalue weighted by Crippen LogP contribution is 2.13. The molecule has 0 radical (unpaired) electrons. The van der Waals surface area contributed by atoms with Gasteiger partial charge in [-0.1, -0.05) is 0 Å². The largest absolute Gasteiger partial charge is 0.355 e. The second-order valence-corrected chi connectivity index (χ2v) is 6.59. The Bertz CT molecular complexity index is 422. The number of nitrogens with zero attached hydrogens (tertiary/aromatic N) is 1. The zero-order valence-corrected chi connectivity index (χ0v) is 12.0. The first kappa shape index (κ1) is 15.9. The number of hydrogen-bond donors (Lipinski definition) is 2. The molecule has 1 rings (SSSR count). The molecule has 1 saturated heterocycles. The molecule has 1 fully saturated rings. The first-order valence-electron chi connectivity index (χ1n) is 6.41. The monoisotopic (exact) mass is 291 g/mol. The lowest BCUT2D eigenvalue weighted by molar-refractivity contribution is -0.122. The van der Waals surface area contributed by atoms with Gasteiger partial charge in [0.05, 0.1) is 5.75 Å². The van der Waals surface area contributed by atoms with Gasteiger partial charge in [-0.3, -0.25) is 9.59 Å². The minimum Gasteiger partial charge on any atom is -0.355 e. The lowest BCUT2D eigenvalue weighted by atomic mass is 10.3. The minimum atomic E-state index is -3.16. The van der Waals surface area contributed by atoms with E-state index in [4.69, 9.17) is 0 Å². The Labute approximate surface area is 113 Å². The summed E-state index contributed by atoms with van der Waals surface area (Å²) < 4.78 is 24.7. The summed E-state index contributed by atoms with van der Waals surface area (Å²) in [6.07, 6.45) is 1.70. The van der Waals surface area contributed by atoms with Crippen molar-refractivity contribution in [2.75, 3.05) is 31.9 Å². The van der Waals surface area contributed by atoms with Gasteiger partial charge in [0.2, 0.25) is 21.8 Å². The van der Waals surface area contributed by atoms with Crippen LogP contribution in [0.2, 0.25) is 0 Å². The SMILES string of the molecule is CC(=O)NCCNC(=O)CCN1CCCCS1(=O)=O. The van der Waals surface area contributed by atoms with Crippen molar-refractivity contribution in [1.29, 1.82) is 0 Å². The number of hydrogen-bond acceptors (Lipinski definition) is 4. The summed E-state index contributed by atoms with van der Waals surface area (Å²) in [6, 6.07) is 0. The number of rotatable bonds is 6. The van der Waals surface area contributed by atoms with Gasteiger partial charge < -0.3 is 10.6 Å². The summed E-state index contributed by atoms with van der Waals surface area (Å²) in [5.41, 5.74) is 0. The summed E-state index contributed by atoms with van der Waals surface area (Å²) in [5.74, 6) is -0.170. The summed E-state index contributed by atoms with van der Waals surface area (Å²) >= 11 is 0. The van der Waals surface area contributed by atoms with E-state index in [1.54, 1.807) is 0 Å². The fraction of sp³-hybridized carbons (Fsp3) is 0.818. The minimum absolute atomic E-state index is 0.145. The van der Waals surface area contributed by atoms with E-state index in [1.807, 2.05) is 0 Å². The number of carbonyl (C=O) groups is 2. The maximum Gasteiger partial charge on any atom is 0.221 e. The van der Waals surface area contributed by atoms with Crippen molar-refractivity contribution in [2.24, 2.45) is 0 Å². The Balaban J connectivity index is 2.20. The zero-order chi connectivity index (χ0) is 14.3.